The van der Waals surface area contributed by atoms with E-state index >= 15 is 0 Å². The number of rotatable bonds is 9. The molecule has 0 bridgehead atoms. The lowest BCUT2D eigenvalue weighted by Crippen LogP contribution is -2.31. The van der Waals surface area contributed by atoms with E-state index in [1.54, 1.807) is 12.1 Å². The van der Waals surface area contributed by atoms with E-state index < -0.39 is 5.25 Å². The van der Waals surface area contributed by atoms with Crippen molar-refractivity contribution in [3.8, 4) is 0 Å². The zero-order chi connectivity index (χ0) is 22.5. The van der Waals surface area contributed by atoms with Gasteiger partial charge in [0.25, 0.3) is 0 Å². The van der Waals surface area contributed by atoms with E-state index in [2.05, 4.69) is 20.8 Å². The van der Waals surface area contributed by atoms with Gasteiger partial charge in [0, 0.05) is 24.1 Å². The molecule has 1 fully saturated rings. The Hall–Kier alpha value is -2.47. The van der Waals surface area contributed by atoms with Crippen molar-refractivity contribution in [2.75, 3.05) is 4.90 Å². The number of unbranched alkanes of at least 4 members (excludes halogenated alkanes) is 1. The molecule has 0 saturated carbocycles. The maximum Gasteiger partial charge on any atom is 0.247 e. The fraction of sp³-hybridized carbons (Fsp3) is 0.440. The van der Waals surface area contributed by atoms with Crippen molar-refractivity contribution in [1.82, 2.24) is 4.98 Å². The summed E-state index contributed by atoms with van der Waals surface area (Å²) in [6.07, 6.45) is 3.12. The van der Waals surface area contributed by atoms with Crippen molar-refractivity contribution in [2.24, 2.45) is 5.92 Å². The molecule has 1 aliphatic rings. The number of hydrogen-bond acceptors (Lipinski definition) is 5. The summed E-state index contributed by atoms with van der Waals surface area (Å²) in [4.78, 5) is 44.5. The number of aromatic nitrogens is 1. The van der Waals surface area contributed by atoms with Crippen molar-refractivity contribution in [3.05, 3.63) is 53.2 Å². The van der Waals surface area contributed by atoms with Gasteiger partial charge in [-0.15, -0.1) is 0 Å². The SMILES string of the molecule is CCCCC(=O)c1ccc(CC(C)C)nc1S[C@@H]1CC(=O)N(c2ccc(C)cc2)C1=O. The molecule has 0 spiro atoms. The Morgan fingerprint density at radius 1 is 1.16 bits per heavy atom. The van der Waals surface area contributed by atoms with Crippen LogP contribution in [0.3, 0.4) is 0 Å². The van der Waals surface area contributed by atoms with Crippen molar-refractivity contribution >= 4 is 35.0 Å². The smallest absolute Gasteiger partial charge is 0.247 e. The molecule has 6 heteroatoms. The molecule has 1 aromatic carbocycles. The topological polar surface area (TPSA) is 67.3 Å². The van der Waals surface area contributed by atoms with E-state index in [0.717, 1.165) is 30.5 Å². The van der Waals surface area contributed by atoms with Gasteiger partial charge in [-0.25, -0.2) is 9.88 Å². The molecule has 1 aromatic heterocycles. The third-order valence-electron chi connectivity index (χ3n) is 5.24. The molecule has 31 heavy (non-hydrogen) atoms. The van der Waals surface area contributed by atoms with Crippen LogP contribution in [0, 0.1) is 12.8 Å². The highest BCUT2D eigenvalue weighted by Gasteiger charge is 2.41. The number of aryl methyl sites for hydroxylation is 1. The van der Waals surface area contributed by atoms with Gasteiger partial charge in [0.05, 0.1) is 10.9 Å². The third kappa shape index (κ3) is 5.62. The Morgan fingerprint density at radius 2 is 1.87 bits per heavy atom. The zero-order valence-electron chi connectivity index (χ0n) is 18.7. The Balaban J connectivity index is 1.87. The number of amides is 2. The molecular formula is C25H30N2O3S. The largest absolute Gasteiger partial charge is 0.294 e. The van der Waals surface area contributed by atoms with Gasteiger partial charge in [-0.1, -0.05) is 56.7 Å². The standard InChI is InChI=1S/C25H30N2O3S/c1-5-6-7-21(28)20-13-10-18(14-16(2)3)26-24(20)31-22-15-23(29)27(25(22)30)19-11-8-17(4)9-12-19/h8-13,16,22H,5-7,14-15H2,1-4H3/t22-/m1/s1. The number of nitrogens with zero attached hydrogens (tertiary/aromatic N) is 2. The quantitative estimate of drug-likeness (QED) is 0.388. The van der Waals surface area contributed by atoms with Crippen LogP contribution < -0.4 is 4.90 Å². The molecule has 2 aromatic rings. The summed E-state index contributed by atoms with van der Waals surface area (Å²) in [5.41, 5.74) is 3.11. The van der Waals surface area contributed by atoms with Gasteiger partial charge in [-0.05, 0) is 49.9 Å². The van der Waals surface area contributed by atoms with Crippen LogP contribution >= 0.6 is 11.8 Å². The van der Waals surface area contributed by atoms with Crippen molar-refractivity contribution < 1.29 is 14.4 Å². The number of benzene rings is 1. The second kappa shape index (κ2) is 10.2. The monoisotopic (exact) mass is 438 g/mol. The average molecular weight is 439 g/mol. The van der Waals surface area contributed by atoms with Crippen LogP contribution in [0.4, 0.5) is 5.69 Å². The summed E-state index contributed by atoms with van der Waals surface area (Å²) >= 11 is 1.25. The molecule has 3 rings (SSSR count). The number of anilines is 1. The Labute approximate surface area is 188 Å². The molecule has 0 unspecified atom stereocenters. The van der Waals surface area contributed by atoms with Crippen LogP contribution in [0.15, 0.2) is 41.4 Å². The number of pyridine rings is 1. The van der Waals surface area contributed by atoms with Gasteiger partial charge in [-0.2, -0.15) is 0 Å². The number of carbonyl (C=O) groups is 3. The Morgan fingerprint density at radius 3 is 2.52 bits per heavy atom. The lowest BCUT2D eigenvalue weighted by atomic mass is 10.0. The predicted molar refractivity (Wildman–Crippen MR) is 125 cm³/mol. The third-order valence-corrected chi connectivity index (χ3v) is 6.43. The first-order chi connectivity index (χ1) is 14.8. The number of hydrogen-bond donors (Lipinski definition) is 0. The molecule has 1 saturated heterocycles. The first kappa shape index (κ1) is 23.2. The van der Waals surface area contributed by atoms with Gasteiger partial charge in [0.1, 0.15) is 5.03 Å². The van der Waals surface area contributed by atoms with Crippen LogP contribution in [0.5, 0.6) is 0 Å². The van der Waals surface area contributed by atoms with E-state index in [1.807, 2.05) is 31.2 Å². The highest BCUT2D eigenvalue weighted by molar-refractivity contribution is 8.00. The highest BCUT2D eigenvalue weighted by atomic mass is 32.2. The minimum Gasteiger partial charge on any atom is -0.294 e. The van der Waals surface area contributed by atoms with E-state index in [9.17, 15) is 14.4 Å². The van der Waals surface area contributed by atoms with Crippen molar-refractivity contribution in [1.29, 1.82) is 0 Å². The van der Waals surface area contributed by atoms with Crippen LogP contribution in [0.25, 0.3) is 0 Å². The van der Waals surface area contributed by atoms with Gasteiger partial charge in [0.15, 0.2) is 5.78 Å². The highest BCUT2D eigenvalue weighted by Crippen LogP contribution is 2.35. The number of carbonyl (C=O) groups excluding carboxylic acids is 3. The number of Topliss-reactive ketones (excluding diaryl/α,β-unsaturated/α-hetero) is 1. The Kier molecular flexibility index (Phi) is 7.65. The number of ketones is 1. The molecule has 5 nitrogen and oxygen atoms in total. The second-order valence-corrected chi connectivity index (χ2v) is 9.68. The van der Waals surface area contributed by atoms with Gasteiger partial charge < -0.3 is 0 Å². The summed E-state index contributed by atoms with van der Waals surface area (Å²) in [6.45, 7) is 8.25. The zero-order valence-corrected chi connectivity index (χ0v) is 19.5. The number of imide groups is 1. The molecule has 2 heterocycles. The molecule has 1 aliphatic heterocycles. The summed E-state index contributed by atoms with van der Waals surface area (Å²) in [5, 5.41) is -0.00973. The molecule has 0 aliphatic carbocycles. The van der Waals surface area contributed by atoms with Gasteiger partial charge in [0.2, 0.25) is 11.8 Å². The normalized spacial score (nSPS) is 16.4. The van der Waals surface area contributed by atoms with Crippen molar-refractivity contribution in [3.63, 3.8) is 0 Å². The van der Waals surface area contributed by atoms with E-state index in [-0.39, 0.29) is 24.0 Å². The minimum atomic E-state index is -0.576. The molecule has 1 atom stereocenters. The fourth-order valence-corrected chi connectivity index (χ4v) is 4.76. The Bertz CT molecular complexity index is 969. The molecule has 2 amide bonds. The van der Waals surface area contributed by atoms with Crippen LogP contribution in [-0.4, -0.2) is 27.8 Å². The van der Waals surface area contributed by atoms with Gasteiger partial charge in [-0.3, -0.25) is 14.4 Å². The van der Waals surface area contributed by atoms with E-state index in [0.29, 0.717) is 28.6 Å². The maximum atomic E-state index is 13.1. The van der Waals surface area contributed by atoms with Crippen molar-refractivity contribution in [2.45, 2.75) is 70.1 Å². The van der Waals surface area contributed by atoms with Crippen LogP contribution in [0.2, 0.25) is 0 Å². The minimum absolute atomic E-state index is 0.0418. The first-order valence-corrected chi connectivity index (χ1v) is 11.8. The summed E-state index contributed by atoms with van der Waals surface area (Å²) in [6, 6.07) is 11.1. The van der Waals surface area contributed by atoms with Crippen LogP contribution in [0.1, 0.15) is 68.1 Å². The fourth-order valence-electron chi connectivity index (χ4n) is 3.58. The second-order valence-electron chi connectivity index (χ2n) is 8.49. The molecule has 164 valence electrons. The predicted octanol–water partition coefficient (Wildman–Crippen LogP) is 5.39. The summed E-state index contributed by atoms with van der Waals surface area (Å²) in [5.74, 6) is 0.00393. The molecular weight excluding hydrogens is 408 g/mol. The molecule has 0 radical (unpaired) electrons. The maximum absolute atomic E-state index is 13.1. The van der Waals surface area contributed by atoms with Crippen LogP contribution in [-0.2, 0) is 16.0 Å². The average Bonchev–Trinajstić information content (AvgIpc) is 2.99. The van der Waals surface area contributed by atoms with E-state index in [4.69, 9.17) is 4.98 Å². The summed E-state index contributed by atoms with van der Waals surface area (Å²) < 4.78 is 0. The number of thioether (sulfide) groups is 1. The lowest BCUT2D eigenvalue weighted by Gasteiger charge is -2.16. The van der Waals surface area contributed by atoms with Gasteiger partial charge >= 0.3 is 0 Å². The first-order valence-electron chi connectivity index (χ1n) is 10.9. The molecule has 0 N–H and O–H groups in total. The summed E-state index contributed by atoms with van der Waals surface area (Å²) in [7, 11) is 0. The lowest BCUT2D eigenvalue weighted by molar-refractivity contribution is -0.121. The van der Waals surface area contributed by atoms with E-state index in [1.165, 1.54) is 16.7 Å².